The van der Waals surface area contributed by atoms with E-state index in [1.54, 1.807) is 4.90 Å². The standard InChI is InChI=1S/C14H20N2O2/c1-9-4-5-12(6-10(9)2)16-11(3)7-15-13(8-17)14(16)18/h4-6,11,13,15,17H,7-8H2,1-3H3. The van der Waals surface area contributed by atoms with Crippen LogP contribution in [0.25, 0.3) is 0 Å². The monoisotopic (exact) mass is 248 g/mol. The molecule has 1 aliphatic rings. The number of hydrogen-bond acceptors (Lipinski definition) is 3. The molecule has 1 heterocycles. The zero-order valence-corrected chi connectivity index (χ0v) is 11.1. The van der Waals surface area contributed by atoms with Crippen LogP contribution in [0.3, 0.4) is 0 Å². The molecule has 2 unspecified atom stereocenters. The number of benzene rings is 1. The highest BCUT2D eigenvalue weighted by molar-refractivity contribution is 5.98. The molecule has 0 aliphatic carbocycles. The molecule has 1 aliphatic heterocycles. The van der Waals surface area contributed by atoms with Crippen LogP contribution < -0.4 is 10.2 Å². The molecule has 1 saturated heterocycles. The lowest BCUT2D eigenvalue weighted by molar-refractivity contribution is -0.123. The Labute approximate surface area is 108 Å². The van der Waals surface area contributed by atoms with Crippen LogP contribution in [-0.2, 0) is 4.79 Å². The second-order valence-corrected chi connectivity index (χ2v) is 4.97. The molecule has 1 amide bonds. The highest BCUT2D eigenvalue weighted by Crippen LogP contribution is 2.23. The van der Waals surface area contributed by atoms with E-state index in [4.69, 9.17) is 0 Å². The van der Waals surface area contributed by atoms with Gasteiger partial charge in [-0.2, -0.15) is 0 Å². The van der Waals surface area contributed by atoms with Gasteiger partial charge in [0.25, 0.3) is 0 Å². The number of aliphatic hydroxyl groups is 1. The summed E-state index contributed by atoms with van der Waals surface area (Å²) in [6, 6.07) is 5.64. The molecule has 98 valence electrons. The first kappa shape index (κ1) is 13.1. The lowest BCUT2D eigenvalue weighted by Gasteiger charge is -2.38. The zero-order chi connectivity index (χ0) is 13.3. The largest absolute Gasteiger partial charge is 0.394 e. The smallest absolute Gasteiger partial charge is 0.246 e. The van der Waals surface area contributed by atoms with Gasteiger partial charge in [0.15, 0.2) is 0 Å². The maximum Gasteiger partial charge on any atom is 0.246 e. The van der Waals surface area contributed by atoms with Crippen molar-refractivity contribution < 1.29 is 9.90 Å². The molecule has 1 aromatic carbocycles. The van der Waals surface area contributed by atoms with Crippen molar-refractivity contribution in [1.29, 1.82) is 0 Å². The van der Waals surface area contributed by atoms with E-state index in [1.807, 2.05) is 32.0 Å². The van der Waals surface area contributed by atoms with Crippen molar-refractivity contribution in [2.24, 2.45) is 0 Å². The second-order valence-electron chi connectivity index (χ2n) is 4.97. The van der Waals surface area contributed by atoms with Crippen LogP contribution in [-0.4, -0.2) is 36.2 Å². The van der Waals surface area contributed by atoms with Gasteiger partial charge < -0.3 is 15.3 Å². The van der Waals surface area contributed by atoms with Crippen LogP contribution in [0.4, 0.5) is 5.69 Å². The number of nitrogens with zero attached hydrogens (tertiary/aromatic N) is 1. The van der Waals surface area contributed by atoms with Crippen LogP contribution in [0, 0.1) is 13.8 Å². The first-order valence-electron chi connectivity index (χ1n) is 6.29. The van der Waals surface area contributed by atoms with Crippen LogP contribution in [0.5, 0.6) is 0 Å². The van der Waals surface area contributed by atoms with E-state index < -0.39 is 6.04 Å². The Balaban J connectivity index is 2.34. The first-order chi connectivity index (χ1) is 8.54. The molecule has 4 nitrogen and oxygen atoms in total. The minimum atomic E-state index is -0.484. The van der Waals surface area contributed by atoms with E-state index in [0.29, 0.717) is 6.54 Å². The molecule has 2 N–H and O–H groups in total. The Hall–Kier alpha value is -1.39. The number of aryl methyl sites for hydroxylation is 2. The third-order valence-corrected chi connectivity index (χ3v) is 3.59. The molecule has 0 bridgehead atoms. The molecule has 1 fully saturated rings. The molecule has 2 rings (SSSR count). The van der Waals surface area contributed by atoms with Crippen molar-refractivity contribution in [2.75, 3.05) is 18.1 Å². The summed E-state index contributed by atoms with van der Waals surface area (Å²) in [6.07, 6.45) is 0. The maximum absolute atomic E-state index is 12.3. The lowest BCUT2D eigenvalue weighted by Crippen LogP contribution is -2.60. The van der Waals surface area contributed by atoms with E-state index in [2.05, 4.69) is 12.2 Å². The maximum atomic E-state index is 12.3. The quantitative estimate of drug-likeness (QED) is 0.820. The van der Waals surface area contributed by atoms with Gasteiger partial charge in [-0.3, -0.25) is 4.79 Å². The summed E-state index contributed by atoms with van der Waals surface area (Å²) in [5.41, 5.74) is 3.30. The number of hydrogen-bond donors (Lipinski definition) is 2. The summed E-state index contributed by atoms with van der Waals surface area (Å²) < 4.78 is 0. The van der Waals surface area contributed by atoms with Crippen molar-refractivity contribution in [3.05, 3.63) is 29.3 Å². The van der Waals surface area contributed by atoms with Gasteiger partial charge in [-0.25, -0.2) is 0 Å². The minimum Gasteiger partial charge on any atom is -0.394 e. The first-order valence-corrected chi connectivity index (χ1v) is 6.29. The van der Waals surface area contributed by atoms with E-state index in [-0.39, 0.29) is 18.6 Å². The summed E-state index contributed by atoms with van der Waals surface area (Å²) >= 11 is 0. The molecule has 1 aromatic rings. The van der Waals surface area contributed by atoms with Gasteiger partial charge >= 0.3 is 0 Å². The number of carbonyl (C=O) groups excluding carboxylic acids is 1. The third-order valence-electron chi connectivity index (χ3n) is 3.59. The number of piperazine rings is 1. The van der Waals surface area contributed by atoms with Crippen molar-refractivity contribution >= 4 is 11.6 Å². The van der Waals surface area contributed by atoms with Gasteiger partial charge in [0, 0.05) is 18.3 Å². The Bertz CT molecular complexity index is 459. The number of anilines is 1. The van der Waals surface area contributed by atoms with Crippen molar-refractivity contribution in [3.8, 4) is 0 Å². The zero-order valence-electron chi connectivity index (χ0n) is 11.1. The normalized spacial score (nSPS) is 24.4. The van der Waals surface area contributed by atoms with Gasteiger partial charge in [0.05, 0.1) is 6.61 Å². The number of amides is 1. The van der Waals surface area contributed by atoms with Crippen molar-refractivity contribution in [3.63, 3.8) is 0 Å². The van der Waals surface area contributed by atoms with E-state index in [0.717, 1.165) is 5.69 Å². The number of carbonyl (C=O) groups is 1. The van der Waals surface area contributed by atoms with Gasteiger partial charge in [-0.15, -0.1) is 0 Å². The summed E-state index contributed by atoms with van der Waals surface area (Å²) in [4.78, 5) is 14.0. The molecular formula is C14H20N2O2. The number of aliphatic hydroxyl groups excluding tert-OH is 1. The molecule has 18 heavy (non-hydrogen) atoms. The Morgan fingerprint density at radius 2 is 2.11 bits per heavy atom. The van der Waals surface area contributed by atoms with E-state index >= 15 is 0 Å². The molecular weight excluding hydrogens is 228 g/mol. The molecule has 0 radical (unpaired) electrons. The van der Waals surface area contributed by atoms with Crippen LogP contribution >= 0.6 is 0 Å². The average Bonchev–Trinajstić information content (AvgIpc) is 2.34. The molecule has 2 atom stereocenters. The van der Waals surface area contributed by atoms with Crippen molar-refractivity contribution in [1.82, 2.24) is 5.32 Å². The summed E-state index contributed by atoms with van der Waals surface area (Å²) in [6.45, 7) is 6.64. The number of nitrogens with one attached hydrogen (secondary N) is 1. The molecule has 0 saturated carbocycles. The Morgan fingerprint density at radius 1 is 1.39 bits per heavy atom. The molecule has 0 spiro atoms. The minimum absolute atomic E-state index is 0.0560. The highest BCUT2D eigenvalue weighted by Gasteiger charge is 2.33. The number of rotatable bonds is 2. The summed E-state index contributed by atoms with van der Waals surface area (Å²) in [5.74, 6) is -0.0560. The Morgan fingerprint density at radius 3 is 2.72 bits per heavy atom. The molecule has 0 aromatic heterocycles. The van der Waals surface area contributed by atoms with Gasteiger partial charge in [0.2, 0.25) is 5.91 Å². The highest BCUT2D eigenvalue weighted by atomic mass is 16.3. The fourth-order valence-electron chi connectivity index (χ4n) is 2.28. The topological polar surface area (TPSA) is 52.6 Å². The van der Waals surface area contributed by atoms with Crippen LogP contribution in [0.15, 0.2) is 18.2 Å². The van der Waals surface area contributed by atoms with Crippen molar-refractivity contribution in [2.45, 2.75) is 32.9 Å². The SMILES string of the molecule is Cc1ccc(N2C(=O)C(CO)NCC2C)cc1C. The lowest BCUT2D eigenvalue weighted by atomic mass is 10.0. The molecule has 4 heteroatoms. The van der Waals surface area contributed by atoms with Gasteiger partial charge in [-0.05, 0) is 44.0 Å². The second kappa shape index (κ2) is 5.08. The Kier molecular flexibility index (Phi) is 3.68. The van der Waals surface area contributed by atoms with E-state index in [9.17, 15) is 9.90 Å². The average molecular weight is 248 g/mol. The van der Waals surface area contributed by atoms with E-state index in [1.165, 1.54) is 11.1 Å². The fourth-order valence-corrected chi connectivity index (χ4v) is 2.28. The predicted molar refractivity (Wildman–Crippen MR) is 71.7 cm³/mol. The fraction of sp³-hybridized carbons (Fsp3) is 0.500. The van der Waals surface area contributed by atoms with Gasteiger partial charge in [0.1, 0.15) is 6.04 Å². The van der Waals surface area contributed by atoms with Gasteiger partial charge in [-0.1, -0.05) is 6.07 Å². The predicted octanol–water partition coefficient (Wildman–Crippen LogP) is 0.989. The summed E-state index contributed by atoms with van der Waals surface area (Å²) in [7, 11) is 0. The van der Waals surface area contributed by atoms with Crippen LogP contribution in [0.2, 0.25) is 0 Å². The third kappa shape index (κ3) is 2.26. The van der Waals surface area contributed by atoms with Crippen LogP contribution in [0.1, 0.15) is 18.1 Å². The summed E-state index contributed by atoms with van der Waals surface area (Å²) in [5, 5.41) is 12.3.